The van der Waals surface area contributed by atoms with E-state index in [9.17, 15) is 4.79 Å². The Morgan fingerprint density at radius 3 is 2.77 bits per heavy atom. The molecule has 3 rings (SSSR count). The minimum atomic E-state index is -0.259. The lowest BCUT2D eigenvalue weighted by Crippen LogP contribution is -2.20. The van der Waals surface area contributed by atoms with Crippen molar-refractivity contribution in [1.29, 1.82) is 0 Å². The Labute approximate surface area is 184 Å². The first-order valence-electron chi connectivity index (χ1n) is 9.49. The summed E-state index contributed by atoms with van der Waals surface area (Å²) < 4.78 is 7.98. The molecule has 0 aliphatic rings. The summed E-state index contributed by atoms with van der Waals surface area (Å²) in [6, 6.07) is 7.79. The molecule has 0 unspecified atom stereocenters. The highest BCUT2D eigenvalue weighted by Crippen LogP contribution is 2.24. The third-order valence-corrected chi connectivity index (χ3v) is 5.49. The van der Waals surface area contributed by atoms with E-state index < -0.39 is 0 Å². The van der Waals surface area contributed by atoms with Gasteiger partial charge in [0.05, 0.1) is 12.1 Å². The van der Waals surface area contributed by atoms with Crippen molar-refractivity contribution in [2.24, 2.45) is 0 Å². The van der Waals surface area contributed by atoms with Gasteiger partial charge in [-0.15, -0.1) is 17.9 Å². The predicted octanol–water partition coefficient (Wildman–Crippen LogP) is 4.49. The SMILES string of the molecule is C=CCn1c(Cc2csc(NC(=O)COc3ccc(C(C)(C)C)cc3)n2)n[nH]c1=S. The molecule has 2 N–H and O–H groups in total. The van der Waals surface area contributed by atoms with E-state index in [1.807, 2.05) is 34.2 Å². The number of rotatable bonds is 8. The maximum absolute atomic E-state index is 12.2. The van der Waals surface area contributed by atoms with Crippen LogP contribution in [-0.4, -0.2) is 32.3 Å². The van der Waals surface area contributed by atoms with Crippen LogP contribution in [0.4, 0.5) is 5.13 Å². The van der Waals surface area contributed by atoms with Crippen LogP contribution < -0.4 is 10.1 Å². The molecule has 0 spiro atoms. The number of nitrogens with one attached hydrogen (secondary N) is 2. The maximum Gasteiger partial charge on any atom is 0.264 e. The summed E-state index contributed by atoms with van der Waals surface area (Å²) in [5.41, 5.74) is 2.09. The fraction of sp³-hybridized carbons (Fsp3) is 0.333. The summed E-state index contributed by atoms with van der Waals surface area (Å²) in [6.45, 7) is 10.7. The Hall–Kier alpha value is -2.78. The zero-order valence-electron chi connectivity index (χ0n) is 17.3. The highest BCUT2D eigenvalue weighted by molar-refractivity contribution is 7.71. The molecular weight excluding hydrogens is 418 g/mol. The Morgan fingerprint density at radius 1 is 1.37 bits per heavy atom. The smallest absolute Gasteiger partial charge is 0.264 e. The van der Waals surface area contributed by atoms with Crippen LogP contribution in [0.15, 0.2) is 42.3 Å². The number of thiazole rings is 1. The number of carbonyl (C=O) groups is 1. The number of hydrogen-bond donors (Lipinski definition) is 2. The standard InChI is InChI=1S/C21H25N5O2S2/c1-5-10-26-17(24-25-20(26)29)11-15-13-30-19(22-15)23-18(27)12-28-16-8-6-14(7-9-16)21(2,3)4/h5-9,13H,1,10-12H2,2-4H3,(H,25,29)(H,22,23,27). The van der Waals surface area contributed by atoms with Gasteiger partial charge in [-0.25, -0.2) is 4.98 Å². The number of nitrogens with zero attached hydrogens (tertiary/aromatic N) is 3. The summed E-state index contributed by atoms with van der Waals surface area (Å²) in [5.74, 6) is 1.17. The zero-order valence-corrected chi connectivity index (χ0v) is 18.9. The lowest BCUT2D eigenvalue weighted by Gasteiger charge is -2.19. The number of carbonyl (C=O) groups excluding carboxylic acids is 1. The average molecular weight is 444 g/mol. The summed E-state index contributed by atoms with van der Waals surface area (Å²) in [5, 5.41) is 12.2. The van der Waals surface area contributed by atoms with Crippen molar-refractivity contribution in [2.75, 3.05) is 11.9 Å². The van der Waals surface area contributed by atoms with Crippen LogP contribution in [0.3, 0.4) is 0 Å². The molecule has 9 heteroatoms. The van der Waals surface area contributed by atoms with E-state index in [-0.39, 0.29) is 17.9 Å². The highest BCUT2D eigenvalue weighted by Gasteiger charge is 2.14. The summed E-state index contributed by atoms with van der Waals surface area (Å²) in [6.07, 6.45) is 2.27. The summed E-state index contributed by atoms with van der Waals surface area (Å²) in [4.78, 5) is 16.7. The second-order valence-electron chi connectivity index (χ2n) is 7.78. The minimum Gasteiger partial charge on any atom is -0.484 e. The van der Waals surface area contributed by atoms with Crippen LogP contribution in [0, 0.1) is 4.77 Å². The van der Waals surface area contributed by atoms with Gasteiger partial charge in [-0.1, -0.05) is 39.0 Å². The number of ether oxygens (including phenoxy) is 1. The van der Waals surface area contributed by atoms with Gasteiger partial charge < -0.3 is 4.74 Å². The molecule has 7 nitrogen and oxygen atoms in total. The molecule has 0 bridgehead atoms. The van der Waals surface area contributed by atoms with Gasteiger partial charge >= 0.3 is 0 Å². The van der Waals surface area contributed by atoms with Crippen LogP contribution in [0.2, 0.25) is 0 Å². The van der Waals surface area contributed by atoms with Crippen molar-refractivity contribution >= 4 is 34.6 Å². The largest absolute Gasteiger partial charge is 0.484 e. The van der Waals surface area contributed by atoms with Crippen molar-refractivity contribution in [3.05, 3.63) is 64.2 Å². The molecule has 0 saturated carbocycles. The monoisotopic (exact) mass is 443 g/mol. The first-order valence-corrected chi connectivity index (χ1v) is 10.8. The lowest BCUT2D eigenvalue weighted by molar-refractivity contribution is -0.118. The molecule has 2 heterocycles. The van der Waals surface area contributed by atoms with Crippen molar-refractivity contribution < 1.29 is 9.53 Å². The molecular formula is C21H25N5O2S2. The number of amides is 1. The van der Waals surface area contributed by atoms with Gasteiger partial charge in [0, 0.05) is 11.9 Å². The van der Waals surface area contributed by atoms with E-state index in [0.717, 1.165) is 11.5 Å². The number of benzene rings is 1. The zero-order chi connectivity index (χ0) is 21.7. The molecule has 0 aliphatic heterocycles. The van der Waals surface area contributed by atoms with E-state index in [4.69, 9.17) is 17.0 Å². The third kappa shape index (κ3) is 5.64. The number of hydrogen-bond acceptors (Lipinski definition) is 6. The van der Waals surface area contributed by atoms with E-state index in [1.165, 1.54) is 16.9 Å². The topological polar surface area (TPSA) is 84.8 Å². The second kappa shape index (κ2) is 9.36. The predicted molar refractivity (Wildman–Crippen MR) is 122 cm³/mol. The highest BCUT2D eigenvalue weighted by atomic mass is 32.1. The van der Waals surface area contributed by atoms with Crippen molar-refractivity contribution in [2.45, 2.75) is 39.2 Å². The van der Waals surface area contributed by atoms with Gasteiger partial charge in [-0.3, -0.25) is 19.8 Å². The minimum absolute atomic E-state index is 0.0756. The van der Waals surface area contributed by atoms with Crippen LogP contribution in [-0.2, 0) is 23.2 Å². The molecule has 0 radical (unpaired) electrons. The van der Waals surface area contributed by atoms with Crippen LogP contribution in [0.5, 0.6) is 5.75 Å². The fourth-order valence-electron chi connectivity index (χ4n) is 2.77. The summed E-state index contributed by atoms with van der Waals surface area (Å²) >= 11 is 6.58. The molecule has 1 amide bonds. The first kappa shape index (κ1) is 21.9. The van der Waals surface area contributed by atoms with Crippen LogP contribution in [0.1, 0.15) is 37.9 Å². The van der Waals surface area contributed by atoms with Crippen molar-refractivity contribution in [3.63, 3.8) is 0 Å². The lowest BCUT2D eigenvalue weighted by atomic mass is 9.87. The first-order chi connectivity index (χ1) is 14.3. The fourth-order valence-corrected chi connectivity index (χ4v) is 3.72. The average Bonchev–Trinajstić information content (AvgIpc) is 3.28. The molecule has 158 valence electrons. The second-order valence-corrected chi connectivity index (χ2v) is 9.02. The molecule has 30 heavy (non-hydrogen) atoms. The summed E-state index contributed by atoms with van der Waals surface area (Å²) in [7, 11) is 0. The Morgan fingerprint density at radius 2 is 2.10 bits per heavy atom. The van der Waals surface area contributed by atoms with Gasteiger partial charge in [-0.2, -0.15) is 5.10 Å². The van der Waals surface area contributed by atoms with E-state index >= 15 is 0 Å². The third-order valence-electron chi connectivity index (χ3n) is 4.38. The number of H-pyrrole nitrogens is 1. The van der Waals surface area contributed by atoms with Gasteiger partial charge in [0.2, 0.25) is 0 Å². The molecule has 0 fully saturated rings. The van der Waals surface area contributed by atoms with Gasteiger partial charge in [0.15, 0.2) is 16.5 Å². The Balaban J connectivity index is 1.54. The molecule has 1 aromatic carbocycles. The van der Waals surface area contributed by atoms with Crippen LogP contribution >= 0.6 is 23.6 Å². The number of allylic oxidation sites excluding steroid dienone is 1. The number of anilines is 1. The molecule has 3 aromatic rings. The Bertz CT molecular complexity index is 1070. The number of aromatic nitrogens is 4. The molecule has 0 aliphatic carbocycles. The Kier molecular flexibility index (Phi) is 6.84. The van der Waals surface area contributed by atoms with E-state index in [1.54, 1.807) is 6.08 Å². The van der Waals surface area contributed by atoms with Crippen molar-refractivity contribution in [3.8, 4) is 5.75 Å². The van der Waals surface area contributed by atoms with E-state index in [2.05, 4.69) is 47.8 Å². The normalized spacial score (nSPS) is 11.3. The van der Waals surface area contributed by atoms with E-state index in [0.29, 0.717) is 28.6 Å². The van der Waals surface area contributed by atoms with Crippen LogP contribution in [0.25, 0.3) is 0 Å². The molecule has 0 atom stereocenters. The maximum atomic E-state index is 12.2. The van der Waals surface area contributed by atoms with Crippen molar-refractivity contribution in [1.82, 2.24) is 19.7 Å². The molecule has 0 saturated heterocycles. The van der Waals surface area contributed by atoms with Gasteiger partial charge in [-0.05, 0) is 35.3 Å². The number of aromatic amines is 1. The van der Waals surface area contributed by atoms with Gasteiger partial charge in [0.25, 0.3) is 5.91 Å². The molecule has 2 aromatic heterocycles. The van der Waals surface area contributed by atoms with Gasteiger partial charge in [0.1, 0.15) is 11.6 Å². The quantitative estimate of drug-likeness (QED) is 0.396.